The van der Waals surface area contributed by atoms with Gasteiger partial charge in [-0.05, 0) is 67.3 Å². The first-order valence-electron chi connectivity index (χ1n) is 13.3. The molecule has 0 radical (unpaired) electrons. The molecular weight excluding hydrogens is 501 g/mol. The van der Waals surface area contributed by atoms with E-state index >= 15 is 0 Å². The number of carbonyl (C=O) groups excluding carboxylic acids is 1. The number of anilines is 2. The van der Waals surface area contributed by atoms with Crippen molar-refractivity contribution in [1.29, 1.82) is 0 Å². The Kier molecular flexibility index (Phi) is 7.33. The Balaban J connectivity index is 1.48. The van der Waals surface area contributed by atoms with E-state index in [4.69, 9.17) is 4.98 Å². The van der Waals surface area contributed by atoms with E-state index < -0.39 is 11.5 Å². The molecule has 1 aromatic heterocycles. The Morgan fingerprint density at radius 3 is 2.58 bits per heavy atom. The Bertz CT molecular complexity index is 1280. The number of thiazole rings is 1. The van der Waals surface area contributed by atoms with E-state index in [-0.39, 0.29) is 48.0 Å². The first-order valence-corrected chi connectivity index (χ1v) is 14.1. The van der Waals surface area contributed by atoms with Crippen molar-refractivity contribution in [2.75, 3.05) is 11.9 Å². The lowest BCUT2D eigenvalue weighted by molar-refractivity contribution is -0.144. The second-order valence-electron chi connectivity index (χ2n) is 11.4. The van der Waals surface area contributed by atoms with Crippen LogP contribution >= 0.6 is 11.3 Å². The highest BCUT2D eigenvalue weighted by Gasteiger charge is 2.59. The number of aliphatic hydroxyl groups excluding tert-OH is 2. The lowest BCUT2D eigenvalue weighted by atomic mass is 9.47. The minimum Gasteiger partial charge on any atom is -0.396 e. The number of fused-ring (bicyclic) bond motifs is 2. The summed E-state index contributed by atoms with van der Waals surface area (Å²) in [4.78, 5) is 19.5. The largest absolute Gasteiger partial charge is 0.396 e. The summed E-state index contributed by atoms with van der Waals surface area (Å²) in [5.74, 6) is -0.530. The maximum absolute atomic E-state index is 13.5. The number of carbonyl (C=O) groups is 1. The van der Waals surface area contributed by atoms with Gasteiger partial charge in [0.2, 0.25) is 5.91 Å². The van der Waals surface area contributed by atoms with Crippen LogP contribution in [0.25, 0.3) is 0 Å². The molecule has 0 spiro atoms. The number of nitrogens with one attached hydrogen (secondary N) is 2. The predicted octanol–water partition coefficient (Wildman–Crippen LogP) is 5.71. The molecule has 202 valence electrons. The zero-order valence-corrected chi connectivity index (χ0v) is 22.9. The number of hydrogen-bond acceptors (Lipinski definition) is 6. The molecule has 4 N–H and O–H groups in total. The summed E-state index contributed by atoms with van der Waals surface area (Å²) >= 11 is 1.53. The number of nitrogens with zero attached hydrogens (tertiary/aromatic N) is 1. The Labute approximate surface area is 227 Å². The van der Waals surface area contributed by atoms with Gasteiger partial charge in [0.05, 0.1) is 24.4 Å². The molecular formula is C30H36FN3O3S. The van der Waals surface area contributed by atoms with Crippen LogP contribution in [0.3, 0.4) is 0 Å². The SMILES string of the molecule is CC(NC(=O)CC1c2nc(Nc3ccc(F)cc3)sc2CC2C(C)(CO)C(O)CCC12C)c1ccccc1. The van der Waals surface area contributed by atoms with Gasteiger partial charge in [-0.1, -0.05) is 44.2 Å². The molecule has 8 heteroatoms. The van der Waals surface area contributed by atoms with Gasteiger partial charge >= 0.3 is 0 Å². The molecule has 0 aliphatic heterocycles. The van der Waals surface area contributed by atoms with Gasteiger partial charge in [0.1, 0.15) is 5.82 Å². The molecule has 1 fully saturated rings. The second-order valence-corrected chi connectivity index (χ2v) is 12.5. The number of benzene rings is 2. The molecule has 1 saturated carbocycles. The first kappa shape index (κ1) is 26.8. The van der Waals surface area contributed by atoms with Gasteiger partial charge in [-0.3, -0.25) is 4.79 Å². The lowest BCUT2D eigenvalue weighted by Crippen LogP contribution is -2.57. The van der Waals surface area contributed by atoms with Crippen LogP contribution in [0.2, 0.25) is 0 Å². The average molecular weight is 538 g/mol. The average Bonchev–Trinajstić information content (AvgIpc) is 3.31. The number of rotatable bonds is 7. The molecule has 5 rings (SSSR count). The Hall–Kier alpha value is -2.81. The van der Waals surface area contributed by atoms with E-state index in [1.165, 1.54) is 23.5 Å². The van der Waals surface area contributed by atoms with Gasteiger partial charge in [0.15, 0.2) is 5.13 Å². The van der Waals surface area contributed by atoms with Gasteiger partial charge in [-0.15, -0.1) is 11.3 Å². The third-order valence-corrected chi connectivity index (χ3v) is 10.1. The molecule has 3 aromatic rings. The summed E-state index contributed by atoms with van der Waals surface area (Å²) in [6.07, 6.45) is 1.67. The zero-order valence-electron chi connectivity index (χ0n) is 22.1. The molecule has 6 unspecified atom stereocenters. The van der Waals surface area contributed by atoms with Crippen molar-refractivity contribution in [1.82, 2.24) is 10.3 Å². The number of hydrogen-bond donors (Lipinski definition) is 4. The fourth-order valence-electron chi connectivity index (χ4n) is 6.67. The maximum atomic E-state index is 13.5. The molecule has 2 aromatic carbocycles. The van der Waals surface area contributed by atoms with Gasteiger partial charge < -0.3 is 20.8 Å². The molecule has 0 saturated heterocycles. The summed E-state index contributed by atoms with van der Waals surface area (Å²) in [7, 11) is 0. The summed E-state index contributed by atoms with van der Waals surface area (Å²) in [5.41, 5.74) is 1.70. The number of amides is 1. The summed E-state index contributed by atoms with van der Waals surface area (Å²) in [6.45, 7) is 6.04. The lowest BCUT2D eigenvalue weighted by Gasteiger charge is -2.58. The van der Waals surface area contributed by atoms with Crippen molar-refractivity contribution in [2.45, 2.75) is 64.5 Å². The van der Waals surface area contributed by atoms with Crippen LogP contribution < -0.4 is 10.6 Å². The van der Waals surface area contributed by atoms with Gasteiger partial charge in [0.25, 0.3) is 0 Å². The summed E-state index contributed by atoms with van der Waals surface area (Å²) in [6, 6.07) is 15.9. The Morgan fingerprint density at radius 1 is 1.18 bits per heavy atom. The van der Waals surface area contributed by atoms with Crippen LogP contribution in [-0.2, 0) is 11.2 Å². The van der Waals surface area contributed by atoms with Crippen molar-refractivity contribution < 1.29 is 19.4 Å². The molecule has 38 heavy (non-hydrogen) atoms. The third kappa shape index (κ3) is 4.85. The molecule has 6 nitrogen and oxygen atoms in total. The smallest absolute Gasteiger partial charge is 0.221 e. The zero-order chi connectivity index (χ0) is 27.1. The van der Waals surface area contributed by atoms with Crippen molar-refractivity contribution in [2.24, 2.45) is 16.7 Å². The van der Waals surface area contributed by atoms with Gasteiger partial charge in [-0.2, -0.15) is 0 Å². The highest BCUT2D eigenvalue weighted by atomic mass is 32.1. The fraction of sp³-hybridized carbons (Fsp3) is 0.467. The summed E-state index contributed by atoms with van der Waals surface area (Å²) < 4.78 is 13.4. The molecule has 6 atom stereocenters. The Morgan fingerprint density at radius 2 is 1.89 bits per heavy atom. The monoisotopic (exact) mass is 537 g/mol. The fourth-order valence-corrected chi connectivity index (χ4v) is 7.76. The standard InChI is InChI=1S/C30H36FN3O3S/c1-18(19-7-5-4-6-8-19)32-26(37)15-22-27-23(38-28(34-27)33-21-11-9-20(31)10-12-21)16-24-29(22,2)14-13-25(36)30(24,3)17-35/h4-12,18,22,24-25,35-36H,13-17H2,1-3H3,(H,32,37)(H,33,34). The minimum atomic E-state index is -0.675. The van der Waals surface area contributed by atoms with Gasteiger partial charge in [0, 0.05) is 28.3 Å². The number of halogens is 1. The highest BCUT2D eigenvalue weighted by molar-refractivity contribution is 7.15. The van der Waals surface area contributed by atoms with E-state index in [0.29, 0.717) is 18.0 Å². The maximum Gasteiger partial charge on any atom is 0.221 e. The van der Waals surface area contributed by atoms with Crippen molar-refractivity contribution >= 4 is 28.1 Å². The van der Waals surface area contributed by atoms with E-state index in [9.17, 15) is 19.4 Å². The van der Waals surface area contributed by atoms with Crippen LogP contribution in [0.15, 0.2) is 54.6 Å². The van der Waals surface area contributed by atoms with E-state index in [1.807, 2.05) is 44.2 Å². The van der Waals surface area contributed by atoms with Crippen molar-refractivity contribution in [3.63, 3.8) is 0 Å². The third-order valence-electron chi connectivity index (χ3n) is 9.06. The molecule has 2 aliphatic rings. The van der Waals surface area contributed by atoms with Crippen molar-refractivity contribution in [3.8, 4) is 0 Å². The molecule has 0 bridgehead atoms. The van der Waals surface area contributed by atoms with E-state index in [0.717, 1.165) is 28.2 Å². The molecule has 1 heterocycles. The minimum absolute atomic E-state index is 0.0142. The first-order chi connectivity index (χ1) is 18.1. The molecule has 1 amide bonds. The van der Waals surface area contributed by atoms with E-state index in [1.54, 1.807) is 12.1 Å². The predicted molar refractivity (Wildman–Crippen MR) is 148 cm³/mol. The quantitative estimate of drug-likeness (QED) is 0.310. The van der Waals surface area contributed by atoms with Crippen LogP contribution in [0.5, 0.6) is 0 Å². The second kappa shape index (κ2) is 10.4. The topological polar surface area (TPSA) is 94.5 Å². The normalized spacial score (nSPS) is 29.2. The van der Waals surface area contributed by atoms with Crippen LogP contribution in [0.1, 0.15) is 68.1 Å². The van der Waals surface area contributed by atoms with Gasteiger partial charge in [-0.25, -0.2) is 9.37 Å². The van der Waals surface area contributed by atoms with E-state index in [2.05, 4.69) is 17.6 Å². The van der Waals surface area contributed by atoms with Crippen molar-refractivity contribution in [3.05, 3.63) is 76.5 Å². The number of aliphatic hydroxyl groups is 2. The highest BCUT2D eigenvalue weighted by Crippen LogP contribution is 2.62. The summed E-state index contributed by atoms with van der Waals surface area (Å²) in [5, 5.41) is 28.6. The van der Waals surface area contributed by atoms with Crippen LogP contribution in [0.4, 0.5) is 15.2 Å². The number of aromatic nitrogens is 1. The molecule has 2 aliphatic carbocycles. The van der Waals surface area contributed by atoms with Crippen LogP contribution in [0, 0.1) is 22.6 Å². The van der Waals surface area contributed by atoms with Crippen LogP contribution in [-0.4, -0.2) is 33.8 Å².